The maximum Gasteiger partial charge on any atom is 0.449 e. The normalized spacial score (nSPS) is 11.5. The summed E-state index contributed by atoms with van der Waals surface area (Å²) < 4.78 is 40.5. The molecule has 3 rings (SSSR count). The molecule has 142 valence electrons. The number of halogens is 3. The van der Waals surface area contributed by atoms with Crippen molar-refractivity contribution in [2.75, 3.05) is 13.1 Å². The number of imidazole rings is 1. The van der Waals surface area contributed by atoms with Gasteiger partial charge in [-0.1, -0.05) is 30.3 Å². The Morgan fingerprint density at radius 1 is 1.04 bits per heavy atom. The molecular formula is C18H18F3N5O. The SMILES string of the molecule is O=C(NCCc1ccccc1)NCCn1c(C(F)(F)F)nc2cccnc21. The van der Waals surface area contributed by atoms with Gasteiger partial charge in [-0.25, -0.2) is 14.8 Å². The van der Waals surface area contributed by atoms with E-state index in [1.807, 2.05) is 30.3 Å². The maximum atomic E-state index is 13.2. The van der Waals surface area contributed by atoms with Gasteiger partial charge in [0, 0.05) is 25.8 Å². The van der Waals surface area contributed by atoms with Gasteiger partial charge in [0.15, 0.2) is 5.65 Å². The largest absolute Gasteiger partial charge is 0.449 e. The summed E-state index contributed by atoms with van der Waals surface area (Å²) in [6, 6.07) is 12.2. The molecule has 2 amide bonds. The summed E-state index contributed by atoms with van der Waals surface area (Å²) in [5.74, 6) is -1.03. The van der Waals surface area contributed by atoms with Crippen LogP contribution in [0.5, 0.6) is 0 Å². The van der Waals surface area contributed by atoms with E-state index < -0.39 is 18.0 Å². The smallest absolute Gasteiger partial charge is 0.338 e. The molecule has 0 saturated heterocycles. The van der Waals surface area contributed by atoms with E-state index >= 15 is 0 Å². The first-order valence-electron chi connectivity index (χ1n) is 8.39. The van der Waals surface area contributed by atoms with Crippen LogP contribution in [0, 0.1) is 0 Å². The van der Waals surface area contributed by atoms with Gasteiger partial charge in [-0.05, 0) is 24.1 Å². The van der Waals surface area contributed by atoms with E-state index in [2.05, 4.69) is 20.6 Å². The van der Waals surface area contributed by atoms with Crippen LogP contribution in [-0.4, -0.2) is 33.7 Å². The summed E-state index contributed by atoms with van der Waals surface area (Å²) in [7, 11) is 0. The molecular weight excluding hydrogens is 359 g/mol. The molecule has 2 aromatic heterocycles. The molecule has 0 saturated carbocycles. The van der Waals surface area contributed by atoms with Crippen molar-refractivity contribution >= 4 is 17.2 Å². The van der Waals surface area contributed by atoms with Crippen LogP contribution in [0.2, 0.25) is 0 Å². The van der Waals surface area contributed by atoms with Crippen molar-refractivity contribution in [1.82, 2.24) is 25.2 Å². The Hall–Kier alpha value is -3.10. The van der Waals surface area contributed by atoms with Crippen LogP contribution in [0.4, 0.5) is 18.0 Å². The van der Waals surface area contributed by atoms with Crippen LogP contribution in [0.25, 0.3) is 11.2 Å². The zero-order chi connectivity index (χ0) is 19.3. The summed E-state index contributed by atoms with van der Waals surface area (Å²) in [4.78, 5) is 19.4. The molecule has 3 aromatic rings. The molecule has 0 atom stereocenters. The molecule has 0 fully saturated rings. The number of nitrogens with one attached hydrogen (secondary N) is 2. The van der Waals surface area contributed by atoms with Crippen molar-refractivity contribution in [3.05, 3.63) is 60.0 Å². The third-order valence-corrected chi connectivity index (χ3v) is 3.92. The summed E-state index contributed by atoms with van der Waals surface area (Å²) in [6.07, 6.45) is -2.52. The number of carbonyl (C=O) groups excluding carboxylic acids is 1. The van der Waals surface area contributed by atoms with Gasteiger partial charge in [-0.3, -0.25) is 0 Å². The quantitative estimate of drug-likeness (QED) is 0.694. The van der Waals surface area contributed by atoms with Crippen LogP contribution < -0.4 is 10.6 Å². The Labute approximate surface area is 153 Å². The highest BCUT2D eigenvalue weighted by Crippen LogP contribution is 2.30. The number of pyridine rings is 1. The van der Waals surface area contributed by atoms with Gasteiger partial charge < -0.3 is 15.2 Å². The minimum Gasteiger partial charge on any atom is -0.338 e. The Morgan fingerprint density at radius 3 is 2.52 bits per heavy atom. The van der Waals surface area contributed by atoms with E-state index in [0.29, 0.717) is 13.0 Å². The van der Waals surface area contributed by atoms with Crippen LogP contribution in [0.15, 0.2) is 48.7 Å². The number of urea groups is 1. The van der Waals surface area contributed by atoms with Gasteiger partial charge in [0.2, 0.25) is 5.82 Å². The molecule has 0 aliphatic heterocycles. The van der Waals surface area contributed by atoms with Gasteiger partial charge in [0.05, 0.1) is 0 Å². The van der Waals surface area contributed by atoms with Crippen molar-refractivity contribution in [3.8, 4) is 0 Å². The standard InChI is InChI=1S/C18H18F3N5O/c19-18(20,21)16-25-14-7-4-9-22-15(14)26(16)12-11-24-17(27)23-10-8-13-5-2-1-3-6-13/h1-7,9H,8,10-12H2,(H2,23,24,27). The average molecular weight is 377 g/mol. The van der Waals surface area contributed by atoms with Crippen molar-refractivity contribution in [2.45, 2.75) is 19.1 Å². The second kappa shape index (κ2) is 8.07. The Kier molecular flexibility index (Phi) is 5.58. The molecule has 27 heavy (non-hydrogen) atoms. The number of benzene rings is 1. The van der Waals surface area contributed by atoms with E-state index in [1.54, 1.807) is 0 Å². The molecule has 0 radical (unpaired) electrons. The zero-order valence-electron chi connectivity index (χ0n) is 14.3. The highest BCUT2D eigenvalue weighted by molar-refractivity contribution is 5.74. The number of nitrogens with zero attached hydrogens (tertiary/aromatic N) is 3. The van der Waals surface area contributed by atoms with Gasteiger partial charge in [0.25, 0.3) is 0 Å². The van der Waals surface area contributed by atoms with Gasteiger partial charge >= 0.3 is 12.2 Å². The lowest BCUT2D eigenvalue weighted by molar-refractivity contribution is -0.146. The van der Waals surface area contributed by atoms with E-state index in [9.17, 15) is 18.0 Å². The van der Waals surface area contributed by atoms with Crippen LogP contribution in [0.3, 0.4) is 0 Å². The second-order valence-electron chi connectivity index (χ2n) is 5.85. The number of carbonyl (C=O) groups is 1. The van der Waals surface area contributed by atoms with E-state index in [-0.39, 0.29) is 24.3 Å². The monoisotopic (exact) mass is 377 g/mol. The minimum absolute atomic E-state index is 0.0162. The lowest BCUT2D eigenvalue weighted by atomic mass is 10.1. The number of amides is 2. The third-order valence-electron chi connectivity index (χ3n) is 3.92. The van der Waals surface area contributed by atoms with Crippen molar-refractivity contribution in [1.29, 1.82) is 0 Å². The van der Waals surface area contributed by atoms with Crippen molar-refractivity contribution < 1.29 is 18.0 Å². The van der Waals surface area contributed by atoms with E-state index in [0.717, 1.165) is 10.1 Å². The average Bonchev–Trinajstić information content (AvgIpc) is 3.02. The van der Waals surface area contributed by atoms with Crippen LogP contribution in [0.1, 0.15) is 11.4 Å². The lowest BCUT2D eigenvalue weighted by Gasteiger charge is -2.12. The predicted molar refractivity (Wildman–Crippen MR) is 94.1 cm³/mol. The summed E-state index contributed by atoms with van der Waals surface area (Å²) in [6.45, 7) is 0.357. The highest BCUT2D eigenvalue weighted by Gasteiger charge is 2.37. The molecule has 0 spiro atoms. The third kappa shape index (κ3) is 4.75. The number of hydrogen-bond donors (Lipinski definition) is 2. The maximum absolute atomic E-state index is 13.2. The highest BCUT2D eigenvalue weighted by atomic mass is 19.4. The lowest BCUT2D eigenvalue weighted by Crippen LogP contribution is -2.38. The van der Waals surface area contributed by atoms with E-state index in [1.165, 1.54) is 18.3 Å². The first kappa shape index (κ1) is 18.7. The number of hydrogen-bond acceptors (Lipinski definition) is 3. The van der Waals surface area contributed by atoms with Gasteiger partial charge in [0.1, 0.15) is 5.52 Å². The number of fused-ring (bicyclic) bond motifs is 1. The molecule has 0 unspecified atom stereocenters. The summed E-state index contributed by atoms with van der Waals surface area (Å²) in [5, 5.41) is 5.24. The Bertz CT molecular complexity index is 908. The summed E-state index contributed by atoms with van der Waals surface area (Å²) in [5.41, 5.74) is 1.39. The molecule has 2 N–H and O–H groups in total. The fraction of sp³-hybridized carbons (Fsp3) is 0.278. The molecule has 0 bridgehead atoms. The molecule has 2 heterocycles. The minimum atomic E-state index is -4.60. The zero-order valence-corrected chi connectivity index (χ0v) is 14.3. The van der Waals surface area contributed by atoms with E-state index in [4.69, 9.17) is 0 Å². The first-order valence-corrected chi connectivity index (χ1v) is 8.39. The molecule has 6 nitrogen and oxygen atoms in total. The van der Waals surface area contributed by atoms with Crippen LogP contribution in [-0.2, 0) is 19.1 Å². The van der Waals surface area contributed by atoms with Crippen LogP contribution >= 0.6 is 0 Å². The molecule has 0 aliphatic rings. The molecule has 1 aromatic carbocycles. The van der Waals surface area contributed by atoms with Crippen molar-refractivity contribution in [2.24, 2.45) is 0 Å². The fourth-order valence-corrected chi connectivity index (χ4v) is 2.70. The number of rotatable bonds is 6. The fourth-order valence-electron chi connectivity index (χ4n) is 2.70. The Morgan fingerprint density at radius 2 is 1.78 bits per heavy atom. The Balaban J connectivity index is 1.55. The predicted octanol–water partition coefficient (Wildman–Crippen LogP) is 2.99. The van der Waals surface area contributed by atoms with Crippen molar-refractivity contribution in [3.63, 3.8) is 0 Å². The van der Waals surface area contributed by atoms with Gasteiger partial charge in [-0.2, -0.15) is 13.2 Å². The second-order valence-corrected chi connectivity index (χ2v) is 5.85. The number of aromatic nitrogens is 3. The first-order chi connectivity index (χ1) is 12.9. The van der Waals surface area contributed by atoms with Gasteiger partial charge in [-0.15, -0.1) is 0 Å². The number of alkyl halides is 3. The molecule has 9 heteroatoms. The topological polar surface area (TPSA) is 71.8 Å². The summed E-state index contributed by atoms with van der Waals surface area (Å²) >= 11 is 0. The molecule has 0 aliphatic carbocycles.